The Labute approximate surface area is 100.0 Å². The molecule has 2 heterocycles. The van der Waals surface area contributed by atoms with Gasteiger partial charge in [0.25, 0.3) is 0 Å². The molecule has 1 amide bonds. The van der Waals surface area contributed by atoms with Crippen LogP contribution in [0.4, 0.5) is 10.1 Å². The normalized spacial score (nSPS) is 20.4. The van der Waals surface area contributed by atoms with E-state index in [-0.39, 0.29) is 16.8 Å². The number of hydrogen-bond donors (Lipinski definition) is 0. The van der Waals surface area contributed by atoms with Crippen LogP contribution < -0.4 is 4.90 Å². The Morgan fingerprint density at radius 2 is 2.50 bits per heavy atom. The molecule has 0 aromatic carbocycles. The lowest BCUT2D eigenvalue weighted by Gasteiger charge is -2.10. The van der Waals surface area contributed by atoms with Gasteiger partial charge < -0.3 is 0 Å². The number of hydrogen-bond acceptors (Lipinski definition) is 5. The second-order valence-corrected chi connectivity index (χ2v) is 4.76. The van der Waals surface area contributed by atoms with Gasteiger partial charge in [0.2, 0.25) is 5.91 Å². The minimum atomic E-state index is -0.513. The van der Waals surface area contributed by atoms with Gasteiger partial charge in [0.05, 0.1) is 4.92 Å². The average molecular weight is 262 g/mol. The van der Waals surface area contributed by atoms with Crippen LogP contribution in [0.15, 0.2) is 6.20 Å². The number of carbonyl (C=O) groups excluding carboxylic acids is 1. The fourth-order valence-corrected chi connectivity index (χ4v) is 2.50. The van der Waals surface area contributed by atoms with Gasteiger partial charge in [-0.3, -0.25) is 19.8 Å². The molecule has 0 radical (unpaired) electrons. The summed E-state index contributed by atoms with van der Waals surface area (Å²) < 4.78 is 0. The Morgan fingerprint density at radius 3 is 3.00 bits per heavy atom. The van der Waals surface area contributed by atoms with E-state index in [1.54, 1.807) is 0 Å². The lowest BCUT2D eigenvalue weighted by molar-refractivity contribution is -0.380. The van der Waals surface area contributed by atoms with Crippen LogP contribution in [0.25, 0.3) is 0 Å². The van der Waals surface area contributed by atoms with Gasteiger partial charge >= 0.3 is 5.00 Å². The number of nitro groups is 1. The molecule has 16 heavy (non-hydrogen) atoms. The summed E-state index contributed by atoms with van der Waals surface area (Å²) in [7, 11) is 0. The first kappa shape index (κ1) is 11.3. The van der Waals surface area contributed by atoms with Crippen LogP contribution >= 0.6 is 22.9 Å². The summed E-state index contributed by atoms with van der Waals surface area (Å²) >= 11 is 6.58. The molecule has 8 heteroatoms. The zero-order valence-corrected chi connectivity index (χ0v) is 9.70. The van der Waals surface area contributed by atoms with Gasteiger partial charge in [0.1, 0.15) is 6.20 Å². The van der Waals surface area contributed by atoms with Gasteiger partial charge in [-0.2, -0.15) is 0 Å². The minimum Gasteiger partial charge on any atom is -0.288 e. The van der Waals surface area contributed by atoms with E-state index in [1.165, 1.54) is 11.1 Å². The number of nitrogens with zero attached hydrogens (tertiary/aromatic N) is 3. The molecule has 0 saturated carbocycles. The zero-order valence-electron chi connectivity index (χ0n) is 8.13. The molecular weight excluding hydrogens is 254 g/mol. The van der Waals surface area contributed by atoms with E-state index in [2.05, 4.69) is 4.98 Å². The molecule has 1 saturated heterocycles. The van der Waals surface area contributed by atoms with Gasteiger partial charge in [0, 0.05) is 18.8 Å². The Morgan fingerprint density at radius 1 is 1.75 bits per heavy atom. The molecule has 86 valence electrons. The van der Waals surface area contributed by atoms with Crippen molar-refractivity contribution in [1.82, 2.24) is 4.98 Å². The highest BCUT2D eigenvalue weighted by Crippen LogP contribution is 2.32. The monoisotopic (exact) mass is 261 g/mol. The Balaban J connectivity index is 2.18. The van der Waals surface area contributed by atoms with Crippen LogP contribution in [0.3, 0.4) is 0 Å². The lowest BCUT2D eigenvalue weighted by Crippen LogP contribution is -2.24. The quantitative estimate of drug-likeness (QED) is 0.471. The highest BCUT2D eigenvalue weighted by Gasteiger charge is 2.32. The summed E-state index contributed by atoms with van der Waals surface area (Å²) in [6.07, 6.45) is 1.55. The van der Waals surface area contributed by atoms with Crippen LogP contribution in [0.5, 0.6) is 0 Å². The number of rotatable bonds is 3. The smallest absolute Gasteiger partial charge is 0.288 e. The molecule has 0 aliphatic carbocycles. The third-order valence-corrected chi connectivity index (χ3v) is 3.72. The van der Waals surface area contributed by atoms with Crippen molar-refractivity contribution >= 4 is 39.0 Å². The molecule has 1 unspecified atom stereocenters. The van der Waals surface area contributed by atoms with Gasteiger partial charge in [-0.1, -0.05) is 0 Å². The third-order valence-electron chi connectivity index (χ3n) is 2.32. The lowest BCUT2D eigenvalue weighted by atomic mass is 10.2. The summed E-state index contributed by atoms with van der Waals surface area (Å²) in [6.45, 7) is 0.493. The van der Waals surface area contributed by atoms with Crippen LogP contribution in [-0.2, 0) is 4.79 Å². The van der Waals surface area contributed by atoms with Crippen molar-refractivity contribution in [2.45, 2.75) is 6.42 Å². The van der Waals surface area contributed by atoms with E-state index in [4.69, 9.17) is 11.6 Å². The van der Waals surface area contributed by atoms with E-state index in [0.29, 0.717) is 24.0 Å². The first-order valence-electron chi connectivity index (χ1n) is 4.58. The van der Waals surface area contributed by atoms with Crippen molar-refractivity contribution in [2.24, 2.45) is 5.92 Å². The summed E-state index contributed by atoms with van der Waals surface area (Å²) in [5.41, 5.74) is 0. The van der Waals surface area contributed by atoms with E-state index in [9.17, 15) is 14.9 Å². The van der Waals surface area contributed by atoms with Crippen LogP contribution in [0.1, 0.15) is 6.42 Å². The molecule has 6 nitrogen and oxygen atoms in total. The Bertz CT molecular complexity index is 436. The van der Waals surface area contributed by atoms with Crippen LogP contribution in [-0.4, -0.2) is 28.2 Å². The molecule has 0 bridgehead atoms. The van der Waals surface area contributed by atoms with Gasteiger partial charge in [0.15, 0.2) is 5.13 Å². The van der Waals surface area contributed by atoms with Gasteiger partial charge in [-0.25, -0.2) is 4.98 Å². The summed E-state index contributed by atoms with van der Waals surface area (Å²) in [5.74, 6) is 0.447. The molecule has 1 aromatic rings. The summed E-state index contributed by atoms with van der Waals surface area (Å²) in [5, 5.41) is 10.8. The van der Waals surface area contributed by atoms with Crippen molar-refractivity contribution in [3.63, 3.8) is 0 Å². The van der Waals surface area contributed by atoms with Gasteiger partial charge in [-0.05, 0) is 17.3 Å². The highest BCUT2D eigenvalue weighted by molar-refractivity contribution is 7.18. The SMILES string of the molecule is O=C1CC(CCl)CN1c1ncc([N+](=O)[O-])s1. The van der Waals surface area contributed by atoms with E-state index in [0.717, 1.165) is 11.3 Å². The number of halogens is 1. The number of aromatic nitrogens is 1. The Hall–Kier alpha value is -1.21. The van der Waals surface area contributed by atoms with Crippen molar-refractivity contribution < 1.29 is 9.72 Å². The number of carbonyl (C=O) groups is 1. The number of anilines is 1. The standard InChI is InChI=1S/C8H8ClN3O3S/c9-2-5-1-6(13)11(4-5)8-10-3-7(16-8)12(14)15/h3,5H,1-2,4H2. The molecule has 1 atom stereocenters. The van der Waals surface area contributed by atoms with Crippen LogP contribution in [0.2, 0.25) is 0 Å². The van der Waals surface area contributed by atoms with E-state index in [1.807, 2.05) is 0 Å². The molecular formula is C8H8ClN3O3S. The van der Waals surface area contributed by atoms with Gasteiger partial charge in [-0.15, -0.1) is 11.6 Å². The molecule has 0 spiro atoms. The number of amides is 1. The summed E-state index contributed by atoms with van der Waals surface area (Å²) in [6, 6.07) is 0. The molecule has 1 aromatic heterocycles. The first-order valence-corrected chi connectivity index (χ1v) is 5.93. The van der Waals surface area contributed by atoms with Crippen molar-refractivity contribution in [2.75, 3.05) is 17.3 Å². The average Bonchev–Trinajstić information content (AvgIpc) is 2.83. The third kappa shape index (κ3) is 2.00. The molecule has 0 N–H and O–H groups in total. The van der Waals surface area contributed by atoms with Crippen molar-refractivity contribution in [3.05, 3.63) is 16.3 Å². The van der Waals surface area contributed by atoms with E-state index >= 15 is 0 Å². The first-order chi connectivity index (χ1) is 7.61. The van der Waals surface area contributed by atoms with E-state index < -0.39 is 4.92 Å². The number of thiazole rings is 1. The second-order valence-electron chi connectivity index (χ2n) is 3.47. The fourth-order valence-electron chi connectivity index (χ4n) is 1.54. The fraction of sp³-hybridized carbons (Fsp3) is 0.500. The predicted molar refractivity (Wildman–Crippen MR) is 59.9 cm³/mol. The van der Waals surface area contributed by atoms with Crippen LogP contribution in [0, 0.1) is 16.0 Å². The maximum absolute atomic E-state index is 11.6. The largest absolute Gasteiger partial charge is 0.345 e. The number of alkyl halides is 1. The van der Waals surface area contributed by atoms with Crippen molar-refractivity contribution in [3.8, 4) is 0 Å². The molecule has 2 rings (SSSR count). The topological polar surface area (TPSA) is 76.3 Å². The Kier molecular flexibility index (Phi) is 3.06. The predicted octanol–water partition coefficient (Wildman–Crippen LogP) is 1.64. The molecule has 1 aliphatic rings. The van der Waals surface area contributed by atoms with Crippen molar-refractivity contribution in [1.29, 1.82) is 0 Å². The minimum absolute atomic E-state index is 0.0582. The zero-order chi connectivity index (χ0) is 11.7. The highest BCUT2D eigenvalue weighted by atomic mass is 35.5. The summed E-state index contributed by atoms with van der Waals surface area (Å²) in [4.78, 5) is 26.9. The maximum Gasteiger partial charge on any atom is 0.345 e. The molecule has 1 aliphatic heterocycles. The maximum atomic E-state index is 11.6. The second kappa shape index (κ2) is 4.34. The molecule has 1 fully saturated rings.